The Kier molecular flexibility index (Phi) is 4.41. The van der Waals surface area contributed by atoms with Crippen LogP contribution >= 0.6 is 0 Å². The number of aliphatic hydroxyl groups is 1. The number of halogens is 1. The molecule has 0 saturated heterocycles. The van der Waals surface area contributed by atoms with Gasteiger partial charge in [0.2, 0.25) is 5.91 Å². The van der Waals surface area contributed by atoms with E-state index in [4.69, 9.17) is 5.73 Å². The van der Waals surface area contributed by atoms with E-state index in [2.05, 4.69) is 0 Å². The number of carbonyl (C=O) groups is 1. The molecule has 0 spiro atoms. The second kappa shape index (κ2) is 6.45. The van der Waals surface area contributed by atoms with E-state index in [1.807, 2.05) is 6.07 Å². The molecular weight excluding hydrogens is 353 g/mol. The zero-order valence-corrected chi connectivity index (χ0v) is 14.1. The van der Waals surface area contributed by atoms with Gasteiger partial charge in [0.1, 0.15) is 5.82 Å². The lowest BCUT2D eigenvalue weighted by Gasteiger charge is -2.27. The summed E-state index contributed by atoms with van der Waals surface area (Å²) in [6.45, 7) is 0. The second-order valence-electron chi connectivity index (χ2n) is 6.67. The van der Waals surface area contributed by atoms with Crippen LogP contribution in [0.5, 0.6) is 0 Å². The van der Waals surface area contributed by atoms with E-state index in [1.54, 1.807) is 18.2 Å². The summed E-state index contributed by atoms with van der Waals surface area (Å²) in [5.41, 5.74) is 1.75. The van der Waals surface area contributed by atoms with Crippen LogP contribution in [0.25, 0.3) is 0 Å². The van der Waals surface area contributed by atoms with Gasteiger partial charge in [0, 0.05) is 11.3 Å². The number of hydrogen-bond donors (Lipinski definition) is 2. The van der Waals surface area contributed by atoms with Crippen LogP contribution in [-0.4, -0.2) is 22.0 Å². The van der Waals surface area contributed by atoms with Gasteiger partial charge in [-0.15, -0.1) is 0 Å². The van der Waals surface area contributed by atoms with Crippen molar-refractivity contribution in [3.63, 3.8) is 0 Å². The van der Waals surface area contributed by atoms with E-state index in [0.29, 0.717) is 0 Å². The number of nitrogens with two attached hydrogens (primary N) is 1. The molecule has 0 radical (unpaired) electrons. The predicted octanol–water partition coefficient (Wildman–Crippen LogP) is 1.84. The van der Waals surface area contributed by atoms with Crippen LogP contribution in [-0.2, 0) is 10.4 Å². The lowest BCUT2D eigenvalue weighted by atomic mass is 9.74. The van der Waals surface area contributed by atoms with E-state index in [1.165, 1.54) is 24.3 Å². The van der Waals surface area contributed by atoms with Gasteiger partial charge in [-0.2, -0.15) is 5.26 Å². The molecule has 2 aromatic carbocycles. The first-order valence-corrected chi connectivity index (χ1v) is 8.14. The van der Waals surface area contributed by atoms with Crippen molar-refractivity contribution in [2.24, 2.45) is 11.1 Å². The Morgan fingerprint density at radius 3 is 2.33 bits per heavy atom. The molecule has 0 heterocycles. The zero-order chi connectivity index (χ0) is 19.8. The molecule has 0 aliphatic heterocycles. The highest BCUT2D eigenvalue weighted by atomic mass is 19.1. The van der Waals surface area contributed by atoms with Crippen molar-refractivity contribution in [1.29, 1.82) is 5.26 Å². The van der Waals surface area contributed by atoms with Crippen LogP contribution in [0.15, 0.2) is 54.6 Å². The molecule has 3 N–H and O–H groups in total. The van der Waals surface area contributed by atoms with Crippen molar-refractivity contribution < 1.29 is 19.2 Å². The number of primary amides is 1. The highest BCUT2D eigenvalue weighted by molar-refractivity contribution is 5.86. The minimum atomic E-state index is -2.10. The Balaban J connectivity index is 2.29. The molecule has 0 unspecified atom stereocenters. The van der Waals surface area contributed by atoms with Crippen LogP contribution in [0.4, 0.5) is 4.39 Å². The van der Waals surface area contributed by atoms with Crippen LogP contribution in [0.2, 0.25) is 0 Å². The molecule has 1 amide bonds. The number of rotatable bonds is 4. The van der Waals surface area contributed by atoms with Crippen molar-refractivity contribution >= 4 is 5.91 Å². The van der Waals surface area contributed by atoms with E-state index >= 15 is 0 Å². The predicted molar refractivity (Wildman–Crippen MR) is 92.1 cm³/mol. The first kappa shape index (κ1) is 18.5. The van der Waals surface area contributed by atoms with Gasteiger partial charge in [0.15, 0.2) is 11.0 Å². The summed E-state index contributed by atoms with van der Waals surface area (Å²) in [6.07, 6.45) is -0.538. The normalized spacial score (nSPS) is 29.8. The molecule has 1 aliphatic rings. The molecule has 138 valence electrons. The standard InChI is InChI=1S/C19H16FN3O4/c20-14-8-6-12(7-9-14)15-16(23(26)27)19(25,13-4-2-1-3-5-13)10-18(15,11-21)17(22)24/h1-9,15-16,25H,10H2,(H2,22,24)/t15-,16-,18-,19-/m0/s1. The highest BCUT2D eigenvalue weighted by Gasteiger charge is 2.70. The van der Waals surface area contributed by atoms with Gasteiger partial charge in [0.05, 0.1) is 12.0 Å². The third kappa shape index (κ3) is 2.73. The summed E-state index contributed by atoms with van der Waals surface area (Å²) in [7, 11) is 0. The fourth-order valence-electron chi connectivity index (χ4n) is 4.02. The number of hydrogen-bond acceptors (Lipinski definition) is 5. The highest BCUT2D eigenvalue weighted by Crippen LogP contribution is 2.58. The van der Waals surface area contributed by atoms with E-state index in [0.717, 1.165) is 12.1 Å². The molecule has 1 aliphatic carbocycles. The van der Waals surface area contributed by atoms with E-state index in [-0.39, 0.29) is 11.1 Å². The number of nitro groups is 1. The van der Waals surface area contributed by atoms with Crippen LogP contribution in [0.1, 0.15) is 23.5 Å². The zero-order valence-electron chi connectivity index (χ0n) is 14.1. The SMILES string of the molecule is N#C[C@@]1(C(N)=O)C[C@](O)(c2ccccc2)[C@@H]([N+](=O)[O-])[C@@H]1c1ccc(F)cc1. The minimum Gasteiger partial charge on any atom is -0.378 e. The minimum absolute atomic E-state index is 0.185. The topological polar surface area (TPSA) is 130 Å². The third-order valence-corrected chi connectivity index (χ3v) is 5.25. The average molecular weight is 369 g/mol. The molecule has 7 nitrogen and oxygen atoms in total. The first-order valence-electron chi connectivity index (χ1n) is 8.14. The van der Waals surface area contributed by atoms with Gasteiger partial charge in [-0.05, 0) is 23.3 Å². The first-order chi connectivity index (χ1) is 12.8. The maximum Gasteiger partial charge on any atom is 0.254 e. The summed E-state index contributed by atoms with van der Waals surface area (Å²) in [5, 5.41) is 33.1. The van der Waals surface area contributed by atoms with Gasteiger partial charge in [0.25, 0.3) is 6.04 Å². The summed E-state index contributed by atoms with van der Waals surface area (Å²) < 4.78 is 13.3. The third-order valence-electron chi connectivity index (χ3n) is 5.25. The smallest absolute Gasteiger partial charge is 0.254 e. The Hall–Kier alpha value is -3.31. The molecule has 0 aromatic heterocycles. The molecular formula is C19H16FN3O4. The van der Waals surface area contributed by atoms with Crippen molar-refractivity contribution in [3.8, 4) is 6.07 Å². The van der Waals surface area contributed by atoms with Crippen LogP contribution in [0, 0.1) is 32.7 Å². The lowest BCUT2D eigenvalue weighted by Crippen LogP contribution is -2.43. The van der Waals surface area contributed by atoms with Gasteiger partial charge in [-0.3, -0.25) is 14.9 Å². The fourth-order valence-corrected chi connectivity index (χ4v) is 4.02. The molecule has 1 fully saturated rings. The number of benzene rings is 2. The van der Waals surface area contributed by atoms with Crippen LogP contribution < -0.4 is 5.73 Å². The Morgan fingerprint density at radius 2 is 1.85 bits per heavy atom. The van der Waals surface area contributed by atoms with Gasteiger partial charge >= 0.3 is 0 Å². The van der Waals surface area contributed by atoms with E-state index < -0.39 is 46.0 Å². The van der Waals surface area contributed by atoms with E-state index in [9.17, 15) is 29.7 Å². The number of amides is 1. The number of carbonyl (C=O) groups excluding carboxylic acids is 1. The lowest BCUT2D eigenvalue weighted by molar-refractivity contribution is -0.547. The quantitative estimate of drug-likeness (QED) is 0.627. The Labute approximate surface area is 154 Å². The molecule has 27 heavy (non-hydrogen) atoms. The van der Waals surface area contributed by atoms with Crippen molar-refractivity contribution in [1.82, 2.24) is 0 Å². The maximum atomic E-state index is 13.3. The number of nitrogens with zero attached hydrogens (tertiary/aromatic N) is 2. The molecule has 8 heteroatoms. The van der Waals surface area contributed by atoms with Crippen molar-refractivity contribution in [2.75, 3.05) is 0 Å². The fraction of sp³-hybridized carbons (Fsp3) is 0.263. The van der Waals surface area contributed by atoms with Gasteiger partial charge in [-0.1, -0.05) is 42.5 Å². The van der Waals surface area contributed by atoms with Crippen molar-refractivity contribution in [2.45, 2.75) is 24.0 Å². The van der Waals surface area contributed by atoms with Gasteiger partial charge in [-0.25, -0.2) is 4.39 Å². The molecule has 3 rings (SSSR count). The summed E-state index contributed by atoms with van der Waals surface area (Å²) >= 11 is 0. The molecule has 0 bridgehead atoms. The largest absolute Gasteiger partial charge is 0.378 e. The average Bonchev–Trinajstić information content (AvgIpc) is 2.94. The molecule has 4 atom stereocenters. The number of nitriles is 1. The Morgan fingerprint density at radius 1 is 1.26 bits per heavy atom. The summed E-state index contributed by atoms with van der Waals surface area (Å²) in [5.74, 6) is -2.99. The Bertz CT molecular complexity index is 928. The maximum absolute atomic E-state index is 13.3. The summed E-state index contributed by atoms with van der Waals surface area (Å²) in [4.78, 5) is 23.6. The molecule has 1 saturated carbocycles. The summed E-state index contributed by atoms with van der Waals surface area (Å²) in [6, 6.07) is 12.6. The second-order valence-corrected chi connectivity index (χ2v) is 6.67. The van der Waals surface area contributed by atoms with Crippen LogP contribution in [0.3, 0.4) is 0 Å². The molecule has 2 aromatic rings. The monoisotopic (exact) mass is 369 g/mol. The van der Waals surface area contributed by atoms with Crippen molar-refractivity contribution in [3.05, 3.63) is 81.7 Å². The van der Waals surface area contributed by atoms with Gasteiger partial charge < -0.3 is 10.8 Å².